The van der Waals surface area contributed by atoms with Crippen LogP contribution in [0.2, 0.25) is 0 Å². The molecule has 0 bridgehead atoms. The SMILES string of the molecule is Cc1ncc(-c2ccccc2CCO)nc1-c1nnc(-c2ccccc2)o1. The van der Waals surface area contributed by atoms with Crippen LogP contribution in [0.3, 0.4) is 0 Å². The monoisotopic (exact) mass is 358 g/mol. The van der Waals surface area contributed by atoms with E-state index in [0.717, 1.165) is 16.7 Å². The van der Waals surface area contributed by atoms with Gasteiger partial charge < -0.3 is 9.52 Å². The Bertz CT molecular complexity index is 1060. The van der Waals surface area contributed by atoms with Crippen LogP contribution in [-0.2, 0) is 6.42 Å². The predicted molar refractivity (Wildman–Crippen MR) is 102 cm³/mol. The zero-order valence-electron chi connectivity index (χ0n) is 14.8. The third-order valence-corrected chi connectivity index (χ3v) is 4.28. The molecule has 0 atom stereocenters. The van der Waals surface area contributed by atoms with Crippen molar-refractivity contribution in [2.24, 2.45) is 0 Å². The molecule has 0 aliphatic heterocycles. The van der Waals surface area contributed by atoms with Gasteiger partial charge in [0, 0.05) is 17.7 Å². The van der Waals surface area contributed by atoms with Gasteiger partial charge in [-0.05, 0) is 31.0 Å². The summed E-state index contributed by atoms with van der Waals surface area (Å²) in [6.45, 7) is 1.94. The predicted octanol–water partition coefficient (Wildman–Crippen LogP) is 3.70. The maximum atomic E-state index is 9.31. The average Bonchev–Trinajstić information content (AvgIpc) is 3.20. The van der Waals surface area contributed by atoms with E-state index in [4.69, 9.17) is 9.40 Å². The van der Waals surface area contributed by atoms with Crippen molar-refractivity contribution < 1.29 is 9.52 Å². The molecule has 0 saturated heterocycles. The zero-order chi connectivity index (χ0) is 18.6. The Labute approximate surface area is 156 Å². The molecule has 0 saturated carbocycles. The molecule has 2 heterocycles. The van der Waals surface area contributed by atoms with E-state index >= 15 is 0 Å². The van der Waals surface area contributed by atoms with Crippen molar-refractivity contribution in [2.45, 2.75) is 13.3 Å². The molecule has 1 N–H and O–H groups in total. The fraction of sp³-hybridized carbons (Fsp3) is 0.143. The standard InChI is InChI=1S/C21H18N4O2/c1-14-19(21-25-24-20(27-21)16-8-3-2-4-9-16)23-18(13-22-14)17-10-6-5-7-15(17)11-12-26/h2-10,13,26H,11-12H2,1H3. The minimum absolute atomic E-state index is 0.0766. The van der Waals surface area contributed by atoms with E-state index in [9.17, 15) is 5.11 Å². The summed E-state index contributed by atoms with van der Waals surface area (Å²) in [5.41, 5.74) is 4.77. The van der Waals surface area contributed by atoms with Crippen molar-refractivity contribution in [1.82, 2.24) is 20.2 Å². The number of aliphatic hydroxyl groups is 1. The summed E-state index contributed by atoms with van der Waals surface area (Å²) >= 11 is 0. The summed E-state index contributed by atoms with van der Waals surface area (Å²) in [7, 11) is 0. The Morgan fingerprint density at radius 1 is 0.926 bits per heavy atom. The van der Waals surface area contributed by atoms with Crippen molar-refractivity contribution >= 4 is 0 Å². The molecular weight excluding hydrogens is 340 g/mol. The van der Waals surface area contributed by atoms with Gasteiger partial charge in [-0.2, -0.15) is 0 Å². The Morgan fingerprint density at radius 3 is 2.48 bits per heavy atom. The van der Waals surface area contributed by atoms with Gasteiger partial charge in [0.25, 0.3) is 5.89 Å². The highest BCUT2D eigenvalue weighted by Crippen LogP contribution is 2.28. The van der Waals surface area contributed by atoms with Gasteiger partial charge in [0.1, 0.15) is 5.69 Å². The van der Waals surface area contributed by atoms with E-state index in [1.165, 1.54) is 0 Å². The molecule has 0 aliphatic carbocycles. The van der Waals surface area contributed by atoms with E-state index in [-0.39, 0.29) is 6.61 Å². The fourth-order valence-corrected chi connectivity index (χ4v) is 2.91. The number of rotatable bonds is 5. The van der Waals surface area contributed by atoms with Gasteiger partial charge >= 0.3 is 0 Å². The number of aromatic nitrogens is 4. The van der Waals surface area contributed by atoms with Crippen LogP contribution in [0.15, 0.2) is 65.2 Å². The lowest BCUT2D eigenvalue weighted by Gasteiger charge is -2.09. The number of nitrogens with zero attached hydrogens (tertiary/aromatic N) is 4. The molecule has 0 radical (unpaired) electrons. The molecule has 0 spiro atoms. The Balaban J connectivity index is 1.75. The number of hydrogen-bond donors (Lipinski definition) is 1. The highest BCUT2D eigenvalue weighted by atomic mass is 16.4. The van der Waals surface area contributed by atoms with Crippen molar-refractivity contribution in [3.63, 3.8) is 0 Å². The highest BCUT2D eigenvalue weighted by Gasteiger charge is 2.16. The third kappa shape index (κ3) is 3.47. The largest absolute Gasteiger partial charge is 0.415 e. The topological polar surface area (TPSA) is 84.9 Å². The van der Waals surface area contributed by atoms with Crippen molar-refractivity contribution in [1.29, 1.82) is 0 Å². The summed E-state index contributed by atoms with van der Waals surface area (Å²) in [5, 5.41) is 17.6. The zero-order valence-corrected chi connectivity index (χ0v) is 14.8. The van der Waals surface area contributed by atoms with E-state index in [2.05, 4.69) is 15.2 Å². The quantitative estimate of drug-likeness (QED) is 0.585. The smallest absolute Gasteiger partial charge is 0.268 e. The Morgan fingerprint density at radius 2 is 1.67 bits per heavy atom. The second kappa shape index (κ2) is 7.47. The van der Waals surface area contributed by atoms with Gasteiger partial charge in [0.05, 0.1) is 17.6 Å². The minimum Gasteiger partial charge on any atom is -0.415 e. The van der Waals surface area contributed by atoms with Gasteiger partial charge in [0.2, 0.25) is 5.89 Å². The van der Waals surface area contributed by atoms with Gasteiger partial charge in [-0.3, -0.25) is 4.98 Å². The normalized spacial score (nSPS) is 10.9. The van der Waals surface area contributed by atoms with E-state index in [0.29, 0.717) is 35.3 Å². The Hall–Kier alpha value is -3.38. The van der Waals surface area contributed by atoms with Crippen molar-refractivity contribution in [3.8, 4) is 34.3 Å². The lowest BCUT2D eigenvalue weighted by atomic mass is 10.0. The first kappa shape index (κ1) is 17.1. The van der Waals surface area contributed by atoms with Crippen LogP contribution in [0.1, 0.15) is 11.3 Å². The molecule has 0 unspecified atom stereocenters. The van der Waals surface area contributed by atoms with Gasteiger partial charge in [0.15, 0.2) is 0 Å². The molecule has 0 amide bonds. The lowest BCUT2D eigenvalue weighted by Crippen LogP contribution is -1.99. The molecule has 4 rings (SSSR count). The lowest BCUT2D eigenvalue weighted by molar-refractivity contribution is 0.300. The van der Waals surface area contributed by atoms with E-state index < -0.39 is 0 Å². The van der Waals surface area contributed by atoms with Gasteiger partial charge in [-0.1, -0.05) is 42.5 Å². The van der Waals surface area contributed by atoms with Crippen LogP contribution in [0, 0.1) is 6.92 Å². The van der Waals surface area contributed by atoms with E-state index in [1.807, 2.05) is 61.5 Å². The summed E-state index contributed by atoms with van der Waals surface area (Å²) < 4.78 is 5.84. The molecule has 6 nitrogen and oxygen atoms in total. The maximum absolute atomic E-state index is 9.31. The average molecular weight is 358 g/mol. The number of aliphatic hydroxyl groups excluding tert-OH is 1. The highest BCUT2D eigenvalue weighted by molar-refractivity contribution is 5.66. The van der Waals surface area contributed by atoms with Gasteiger partial charge in [-0.25, -0.2) is 4.98 Å². The van der Waals surface area contributed by atoms with Gasteiger partial charge in [-0.15, -0.1) is 10.2 Å². The van der Waals surface area contributed by atoms with Crippen LogP contribution in [0.4, 0.5) is 0 Å². The molecule has 27 heavy (non-hydrogen) atoms. The Kier molecular flexibility index (Phi) is 4.72. The summed E-state index contributed by atoms with van der Waals surface area (Å²) in [6.07, 6.45) is 2.28. The van der Waals surface area contributed by atoms with Crippen molar-refractivity contribution in [3.05, 3.63) is 72.1 Å². The fourth-order valence-electron chi connectivity index (χ4n) is 2.91. The summed E-state index contributed by atoms with van der Waals surface area (Å²) in [6, 6.07) is 17.4. The first-order valence-electron chi connectivity index (χ1n) is 8.68. The van der Waals surface area contributed by atoms with Crippen LogP contribution in [0.5, 0.6) is 0 Å². The maximum Gasteiger partial charge on any atom is 0.268 e. The molecule has 4 aromatic rings. The third-order valence-electron chi connectivity index (χ3n) is 4.28. The molecule has 134 valence electrons. The summed E-state index contributed by atoms with van der Waals surface area (Å²) in [5.74, 6) is 0.776. The second-order valence-corrected chi connectivity index (χ2v) is 6.10. The molecule has 2 aromatic heterocycles. The molecule has 0 aliphatic rings. The molecule has 6 heteroatoms. The first-order chi connectivity index (χ1) is 13.3. The first-order valence-corrected chi connectivity index (χ1v) is 8.68. The molecule has 2 aromatic carbocycles. The van der Waals surface area contributed by atoms with E-state index in [1.54, 1.807) is 6.20 Å². The number of benzene rings is 2. The number of hydrogen-bond acceptors (Lipinski definition) is 6. The second-order valence-electron chi connectivity index (χ2n) is 6.10. The number of aryl methyl sites for hydroxylation is 1. The molecule has 0 fully saturated rings. The minimum atomic E-state index is 0.0766. The van der Waals surface area contributed by atoms with Crippen LogP contribution in [0.25, 0.3) is 34.3 Å². The summed E-state index contributed by atoms with van der Waals surface area (Å²) in [4.78, 5) is 9.18. The van der Waals surface area contributed by atoms with Crippen LogP contribution in [-0.4, -0.2) is 31.9 Å². The van der Waals surface area contributed by atoms with Crippen molar-refractivity contribution in [2.75, 3.05) is 6.61 Å². The van der Waals surface area contributed by atoms with Crippen LogP contribution >= 0.6 is 0 Å². The van der Waals surface area contributed by atoms with Crippen LogP contribution < -0.4 is 0 Å². The molecular formula is C21H18N4O2.